The van der Waals surface area contributed by atoms with Gasteiger partial charge >= 0.3 is 5.97 Å². The topological polar surface area (TPSA) is 26.3 Å². The lowest BCUT2D eigenvalue weighted by molar-refractivity contribution is -0.148. The fourth-order valence-corrected chi connectivity index (χ4v) is 3.34. The molecular weight excluding hydrogens is 331 g/mol. The minimum Gasteiger partial charge on any atom is -0.457 e. The minimum absolute atomic E-state index is 0.0409. The molecule has 0 aliphatic heterocycles. The van der Waals surface area contributed by atoms with Gasteiger partial charge in [0.05, 0.1) is 0 Å². The number of esters is 1. The van der Waals surface area contributed by atoms with Crippen molar-refractivity contribution in [2.45, 2.75) is 74.6 Å². The van der Waals surface area contributed by atoms with Gasteiger partial charge in [0.1, 0.15) is 0 Å². The van der Waals surface area contributed by atoms with Gasteiger partial charge in [-0.1, -0.05) is 85.5 Å². The number of hydrogen-bond acceptors (Lipinski definition) is 2. The van der Waals surface area contributed by atoms with Crippen molar-refractivity contribution < 1.29 is 9.53 Å². The van der Waals surface area contributed by atoms with Gasteiger partial charge in [0.2, 0.25) is 3.79 Å². The third kappa shape index (κ3) is 8.32. The number of carbonyl (C=O) groups is 1. The lowest BCUT2D eigenvalue weighted by Crippen LogP contribution is -2.37. The van der Waals surface area contributed by atoms with Crippen molar-refractivity contribution in [2.75, 3.05) is 0 Å². The lowest BCUT2D eigenvalue weighted by atomic mass is 9.93. The monoisotopic (exact) mass is 354 g/mol. The molecule has 0 heterocycles. The predicted molar refractivity (Wildman–Crippen MR) is 90.0 cm³/mol. The van der Waals surface area contributed by atoms with Crippen molar-refractivity contribution in [1.82, 2.24) is 0 Å². The van der Waals surface area contributed by atoms with E-state index in [1.54, 1.807) is 0 Å². The first kappa shape index (κ1) is 19.1. The molecule has 0 fully saturated rings. The second-order valence-electron chi connectivity index (χ2n) is 5.72. The van der Waals surface area contributed by atoms with E-state index in [4.69, 9.17) is 39.5 Å². The van der Waals surface area contributed by atoms with Crippen LogP contribution in [0.3, 0.4) is 0 Å². The molecule has 2 unspecified atom stereocenters. The molecule has 5 heteroatoms. The summed E-state index contributed by atoms with van der Waals surface area (Å²) in [5.41, 5.74) is 0. The lowest BCUT2D eigenvalue weighted by Gasteiger charge is -2.30. The number of alkyl halides is 3. The van der Waals surface area contributed by atoms with Gasteiger partial charge in [-0.25, -0.2) is 0 Å². The Hall–Kier alpha value is 0.0800. The molecule has 1 rings (SSSR count). The van der Waals surface area contributed by atoms with Crippen LogP contribution < -0.4 is 0 Å². The summed E-state index contributed by atoms with van der Waals surface area (Å²) < 4.78 is 3.69. The third-order valence-corrected chi connectivity index (χ3v) is 4.44. The molecule has 0 saturated heterocycles. The van der Waals surface area contributed by atoms with Gasteiger partial charge in [0, 0.05) is 12.8 Å². The summed E-state index contributed by atoms with van der Waals surface area (Å²) in [4.78, 5) is 11.3. The maximum absolute atomic E-state index is 11.3. The third-order valence-electron chi connectivity index (χ3n) is 3.80. The molecule has 0 radical (unpaired) electrons. The van der Waals surface area contributed by atoms with Crippen LogP contribution in [0.25, 0.3) is 0 Å². The van der Waals surface area contributed by atoms with Crippen molar-refractivity contribution in [1.29, 1.82) is 0 Å². The molecule has 0 amide bonds. The van der Waals surface area contributed by atoms with E-state index in [-0.39, 0.29) is 5.92 Å². The van der Waals surface area contributed by atoms with Gasteiger partial charge < -0.3 is 4.74 Å². The van der Waals surface area contributed by atoms with E-state index in [0.29, 0.717) is 0 Å². The smallest absolute Gasteiger partial charge is 0.303 e. The normalized spacial score (nSPS) is 23.7. The van der Waals surface area contributed by atoms with Crippen LogP contribution in [-0.2, 0) is 9.53 Å². The van der Waals surface area contributed by atoms with Crippen molar-refractivity contribution in [3.8, 4) is 0 Å². The molecule has 0 aromatic carbocycles. The van der Waals surface area contributed by atoms with Crippen molar-refractivity contribution >= 4 is 40.8 Å². The van der Waals surface area contributed by atoms with E-state index in [1.807, 2.05) is 0 Å². The van der Waals surface area contributed by atoms with Crippen LogP contribution in [0.2, 0.25) is 0 Å². The van der Waals surface area contributed by atoms with E-state index >= 15 is 0 Å². The Bertz CT molecular complexity index is 337. The zero-order valence-electron chi connectivity index (χ0n) is 12.6. The highest BCUT2D eigenvalue weighted by Gasteiger charge is 2.40. The molecule has 0 saturated carbocycles. The Kier molecular flexibility index (Phi) is 9.08. The number of halogens is 3. The summed E-state index contributed by atoms with van der Waals surface area (Å²) in [7, 11) is 0. The standard InChI is InChI=1S/C16H25Cl3O2/c1-13(20)21-15(16(17,18)19)14-11-9-7-5-3-2-4-6-8-10-12-14/h9,11,14-15H,2-8,10,12H2,1H3. The number of carbonyl (C=O) groups excluding carboxylic acids is 1. The molecule has 122 valence electrons. The molecule has 21 heavy (non-hydrogen) atoms. The van der Waals surface area contributed by atoms with Crippen molar-refractivity contribution in [3.05, 3.63) is 12.2 Å². The fourth-order valence-electron chi connectivity index (χ4n) is 2.72. The maximum Gasteiger partial charge on any atom is 0.303 e. The molecule has 0 spiro atoms. The van der Waals surface area contributed by atoms with E-state index in [0.717, 1.165) is 19.3 Å². The van der Waals surface area contributed by atoms with Crippen LogP contribution in [0.1, 0.15) is 64.7 Å². The highest BCUT2D eigenvalue weighted by atomic mass is 35.6. The van der Waals surface area contributed by atoms with E-state index in [2.05, 4.69) is 12.2 Å². The molecule has 2 nitrogen and oxygen atoms in total. The fraction of sp³-hybridized carbons (Fsp3) is 0.812. The summed E-state index contributed by atoms with van der Waals surface area (Å²) in [6.07, 6.45) is 14.0. The SMILES string of the molecule is CC(=O)OC(C1C=CCCCCCCCCC1)C(Cl)(Cl)Cl. The van der Waals surface area contributed by atoms with Crippen LogP contribution in [-0.4, -0.2) is 15.9 Å². The Balaban J connectivity index is 2.77. The second-order valence-corrected chi connectivity index (χ2v) is 8.08. The van der Waals surface area contributed by atoms with Crippen LogP contribution in [0, 0.1) is 5.92 Å². The molecule has 0 aromatic rings. The quantitative estimate of drug-likeness (QED) is 0.346. The van der Waals surface area contributed by atoms with Crippen LogP contribution in [0.5, 0.6) is 0 Å². The number of hydrogen-bond donors (Lipinski definition) is 0. The van der Waals surface area contributed by atoms with Crippen LogP contribution in [0.4, 0.5) is 0 Å². The van der Waals surface area contributed by atoms with Crippen molar-refractivity contribution in [3.63, 3.8) is 0 Å². The van der Waals surface area contributed by atoms with E-state index in [9.17, 15) is 4.79 Å². The van der Waals surface area contributed by atoms with Gasteiger partial charge in [0.15, 0.2) is 6.10 Å². The summed E-state index contributed by atoms with van der Waals surface area (Å²) in [5, 5.41) is 0. The van der Waals surface area contributed by atoms with E-state index in [1.165, 1.54) is 45.4 Å². The first-order chi connectivity index (χ1) is 9.91. The highest BCUT2D eigenvalue weighted by Crippen LogP contribution is 2.38. The molecule has 2 atom stereocenters. The first-order valence-corrected chi connectivity index (χ1v) is 8.95. The molecule has 0 aromatic heterocycles. The van der Waals surface area contributed by atoms with Gasteiger partial charge in [-0.2, -0.15) is 0 Å². The Morgan fingerprint density at radius 3 is 2.24 bits per heavy atom. The number of ether oxygens (including phenoxy) is 1. The number of allylic oxidation sites excluding steroid dienone is 1. The van der Waals surface area contributed by atoms with Gasteiger partial charge in [-0.05, 0) is 19.3 Å². The zero-order valence-corrected chi connectivity index (χ0v) is 14.9. The predicted octanol–water partition coefficient (Wildman–Crippen LogP) is 5.99. The summed E-state index contributed by atoms with van der Waals surface area (Å²) in [5.74, 6) is -0.452. The summed E-state index contributed by atoms with van der Waals surface area (Å²) >= 11 is 18.1. The number of rotatable bonds is 2. The van der Waals surface area contributed by atoms with E-state index < -0.39 is 15.9 Å². The highest BCUT2D eigenvalue weighted by molar-refractivity contribution is 6.68. The van der Waals surface area contributed by atoms with Crippen LogP contribution >= 0.6 is 34.8 Å². The van der Waals surface area contributed by atoms with Gasteiger partial charge in [0.25, 0.3) is 0 Å². The van der Waals surface area contributed by atoms with Crippen LogP contribution in [0.15, 0.2) is 12.2 Å². The van der Waals surface area contributed by atoms with Gasteiger partial charge in [-0.3, -0.25) is 4.79 Å². The molecule has 1 aliphatic carbocycles. The minimum atomic E-state index is -1.60. The molecule has 0 bridgehead atoms. The largest absolute Gasteiger partial charge is 0.457 e. The zero-order chi connectivity index (χ0) is 15.7. The second kappa shape index (κ2) is 9.97. The average molecular weight is 356 g/mol. The van der Waals surface area contributed by atoms with Gasteiger partial charge in [-0.15, -0.1) is 0 Å². The Morgan fingerprint density at radius 1 is 1.10 bits per heavy atom. The van der Waals surface area contributed by atoms with Crippen molar-refractivity contribution in [2.24, 2.45) is 5.92 Å². The Morgan fingerprint density at radius 2 is 1.67 bits per heavy atom. The summed E-state index contributed by atoms with van der Waals surface area (Å²) in [6.45, 7) is 1.35. The Labute approximate surface area is 143 Å². The summed E-state index contributed by atoms with van der Waals surface area (Å²) in [6, 6.07) is 0. The molecular formula is C16H25Cl3O2. The maximum atomic E-state index is 11.3. The first-order valence-electron chi connectivity index (χ1n) is 7.82. The molecule has 1 aliphatic rings. The average Bonchev–Trinajstić information content (AvgIpc) is 2.36. The molecule has 0 N–H and O–H groups in total.